The van der Waals surface area contributed by atoms with E-state index in [-0.39, 0.29) is 18.1 Å². The molecule has 1 aromatic heterocycles. The van der Waals surface area contributed by atoms with Gasteiger partial charge in [0.2, 0.25) is 0 Å². The summed E-state index contributed by atoms with van der Waals surface area (Å²) in [6, 6.07) is 0. The molecule has 6 heteroatoms. The van der Waals surface area contributed by atoms with Crippen molar-refractivity contribution >= 4 is 5.97 Å². The maximum Gasteiger partial charge on any atom is 0.328 e. The minimum Gasteiger partial charge on any atom is -0.469 e. The summed E-state index contributed by atoms with van der Waals surface area (Å²) in [7, 11) is 1.30. The van der Waals surface area contributed by atoms with Gasteiger partial charge in [-0.15, -0.1) is 0 Å². The number of aromatic nitrogens is 2. The zero-order chi connectivity index (χ0) is 13.0. The van der Waals surface area contributed by atoms with Gasteiger partial charge in [0.15, 0.2) is 0 Å². The van der Waals surface area contributed by atoms with E-state index in [1.54, 1.807) is 6.92 Å². The summed E-state index contributed by atoms with van der Waals surface area (Å²) in [5.74, 6) is -0.825. The zero-order valence-electron chi connectivity index (χ0n) is 10.1. The largest absolute Gasteiger partial charge is 0.469 e. The summed E-state index contributed by atoms with van der Waals surface area (Å²) >= 11 is 0. The molecule has 0 fully saturated rings. The van der Waals surface area contributed by atoms with Gasteiger partial charge in [-0.1, -0.05) is 13.8 Å². The van der Waals surface area contributed by atoms with E-state index in [1.165, 1.54) is 17.9 Å². The van der Waals surface area contributed by atoms with Crippen LogP contribution in [0, 0.1) is 5.92 Å². The second-order valence-corrected chi connectivity index (χ2v) is 3.84. The molecule has 1 aromatic rings. The first kappa shape index (κ1) is 13.2. The molecule has 17 heavy (non-hydrogen) atoms. The Balaban J connectivity index is 3.03. The Kier molecular flexibility index (Phi) is 4.25. The van der Waals surface area contributed by atoms with Crippen LogP contribution >= 0.6 is 0 Å². The topological polar surface area (TPSA) is 81.2 Å². The van der Waals surface area contributed by atoms with Crippen molar-refractivity contribution in [2.24, 2.45) is 5.92 Å². The molecule has 1 unspecified atom stereocenters. The predicted molar refractivity (Wildman–Crippen MR) is 61.9 cm³/mol. The Morgan fingerprint density at radius 3 is 2.71 bits per heavy atom. The molecule has 1 rings (SSSR count). The number of rotatable bonds is 4. The van der Waals surface area contributed by atoms with Gasteiger partial charge >= 0.3 is 11.7 Å². The van der Waals surface area contributed by atoms with Crippen molar-refractivity contribution in [1.82, 2.24) is 9.55 Å². The van der Waals surface area contributed by atoms with Crippen LogP contribution in [0.4, 0.5) is 0 Å². The number of nitrogens with zero attached hydrogens (tertiary/aromatic N) is 1. The number of H-pyrrole nitrogens is 1. The molecule has 0 radical (unpaired) electrons. The van der Waals surface area contributed by atoms with Gasteiger partial charge in [-0.05, 0) is 6.42 Å². The summed E-state index contributed by atoms with van der Waals surface area (Å²) in [4.78, 5) is 36.3. The van der Waals surface area contributed by atoms with Crippen molar-refractivity contribution in [1.29, 1.82) is 0 Å². The van der Waals surface area contributed by atoms with Crippen LogP contribution in [0.3, 0.4) is 0 Å². The third-order valence-electron chi connectivity index (χ3n) is 2.54. The van der Waals surface area contributed by atoms with Gasteiger partial charge in [0.1, 0.15) is 0 Å². The first-order chi connectivity index (χ1) is 7.99. The van der Waals surface area contributed by atoms with E-state index in [0.29, 0.717) is 12.0 Å². The molecule has 6 nitrogen and oxygen atoms in total. The lowest BCUT2D eigenvalue weighted by molar-refractivity contribution is -0.145. The minimum absolute atomic E-state index is 0.190. The van der Waals surface area contributed by atoms with E-state index in [4.69, 9.17) is 0 Å². The third kappa shape index (κ3) is 3.05. The van der Waals surface area contributed by atoms with Crippen molar-refractivity contribution in [2.75, 3.05) is 7.11 Å². The SMILES string of the molecule is CCc1cn(CC(C)C(=O)OC)c(=O)[nH]c1=O. The number of carbonyl (C=O) groups excluding carboxylic acids is 1. The van der Waals surface area contributed by atoms with Crippen LogP contribution in [-0.4, -0.2) is 22.6 Å². The van der Waals surface area contributed by atoms with E-state index in [0.717, 1.165) is 0 Å². The minimum atomic E-state index is -0.511. The van der Waals surface area contributed by atoms with Crippen LogP contribution in [0.2, 0.25) is 0 Å². The number of carbonyl (C=O) groups is 1. The first-order valence-electron chi connectivity index (χ1n) is 5.40. The van der Waals surface area contributed by atoms with E-state index < -0.39 is 11.6 Å². The van der Waals surface area contributed by atoms with Gasteiger partial charge in [0, 0.05) is 18.3 Å². The van der Waals surface area contributed by atoms with Crippen molar-refractivity contribution in [3.63, 3.8) is 0 Å². The summed E-state index contributed by atoms with van der Waals surface area (Å²) in [5.41, 5.74) is -0.371. The fraction of sp³-hybridized carbons (Fsp3) is 0.545. The van der Waals surface area contributed by atoms with Crippen LogP contribution in [0.1, 0.15) is 19.4 Å². The molecule has 1 N–H and O–H groups in total. The lowest BCUT2D eigenvalue weighted by Crippen LogP contribution is -2.34. The van der Waals surface area contributed by atoms with Crippen LogP contribution < -0.4 is 11.2 Å². The first-order valence-corrected chi connectivity index (χ1v) is 5.40. The van der Waals surface area contributed by atoms with Crippen molar-refractivity contribution in [3.8, 4) is 0 Å². The fourth-order valence-electron chi connectivity index (χ4n) is 1.51. The summed E-state index contributed by atoms with van der Waals surface area (Å²) < 4.78 is 5.90. The van der Waals surface area contributed by atoms with Gasteiger partial charge in [-0.25, -0.2) is 4.79 Å². The molecule has 1 heterocycles. The molecule has 0 aliphatic heterocycles. The Bertz CT molecular complexity index is 515. The lowest BCUT2D eigenvalue weighted by Gasteiger charge is -2.11. The number of esters is 1. The predicted octanol–water partition coefficient (Wildman–Crippen LogP) is -0.0919. The molecule has 0 aromatic carbocycles. The molecule has 94 valence electrons. The molecule has 0 saturated carbocycles. The highest BCUT2D eigenvalue weighted by atomic mass is 16.5. The molecule has 0 aliphatic rings. The van der Waals surface area contributed by atoms with E-state index in [1.807, 2.05) is 6.92 Å². The molecular weight excluding hydrogens is 224 g/mol. The second-order valence-electron chi connectivity index (χ2n) is 3.84. The fourth-order valence-corrected chi connectivity index (χ4v) is 1.51. The average molecular weight is 240 g/mol. The lowest BCUT2D eigenvalue weighted by atomic mass is 10.2. The van der Waals surface area contributed by atoms with E-state index in [2.05, 4.69) is 9.72 Å². The van der Waals surface area contributed by atoms with Crippen LogP contribution in [0.5, 0.6) is 0 Å². The van der Waals surface area contributed by atoms with Crippen LogP contribution in [-0.2, 0) is 22.5 Å². The number of methoxy groups -OCH3 is 1. The number of nitrogens with one attached hydrogen (secondary N) is 1. The van der Waals surface area contributed by atoms with E-state index in [9.17, 15) is 14.4 Å². The second kappa shape index (κ2) is 5.47. The quantitative estimate of drug-likeness (QED) is 0.746. The molecule has 0 spiro atoms. The number of aromatic amines is 1. The molecule has 0 bridgehead atoms. The standard InChI is InChI=1S/C11H16N2O4/c1-4-8-6-13(11(16)12-9(8)14)5-7(2)10(15)17-3/h6-7H,4-5H2,1-3H3,(H,12,14,16). The molecule has 1 atom stereocenters. The summed E-state index contributed by atoms with van der Waals surface area (Å²) in [6.07, 6.45) is 2.02. The summed E-state index contributed by atoms with van der Waals surface area (Å²) in [6.45, 7) is 3.67. The smallest absolute Gasteiger partial charge is 0.328 e. The van der Waals surface area contributed by atoms with E-state index >= 15 is 0 Å². The third-order valence-corrected chi connectivity index (χ3v) is 2.54. The number of aryl methyl sites for hydroxylation is 1. The molecule has 0 aliphatic carbocycles. The highest BCUT2D eigenvalue weighted by Crippen LogP contribution is 2.01. The number of hydrogen-bond donors (Lipinski definition) is 1. The van der Waals surface area contributed by atoms with Gasteiger partial charge in [0.25, 0.3) is 5.56 Å². The zero-order valence-corrected chi connectivity index (χ0v) is 10.1. The molecule has 0 amide bonds. The summed E-state index contributed by atoms with van der Waals surface area (Å²) in [5, 5.41) is 0. The Hall–Kier alpha value is -1.85. The van der Waals surface area contributed by atoms with Gasteiger partial charge < -0.3 is 4.74 Å². The maximum absolute atomic E-state index is 11.5. The molecular formula is C11H16N2O4. The normalized spacial score (nSPS) is 12.2. The van der Waals surface area contributed by atoms with Gasteiger partial charge in [-0.2, -0.15) is 0 Å². The highest BCUT2D eigenvalue weighted by molar-refractivity contribution is 5.71. The number of ether oxygens (including phenoxy) is 1. The Morgan fingerprint density at radius 1 is 1.53 bits per heavy atom. The van der Waals surface area contributed by atoms with Gasteiger partial charge in [0.05, 0.1) is 13.0 Å². The highest BCUT2D eigenvalue weighted by Gasteiger charge is 2.15. The Morgan fingerprint density at radius 2 is 2.18 bits per heavy atom. The van der Waals surface area contributed by atoms with Crippen LogP contribution in [0.25, 0.3) is 0 Å². The Labute approximate surface area is 98.2 Å². The number of hydrogen-bond acceptors (Lipinski definition) is 4. The molecule has 0 saturated heterocycles. The monoisotopic (exact) mass is 240 g/mol. The average Bonchev–Trinajstić information content (AvgIpc) is 2.31. The van der Waals surface area contributed by atoms with Crippen LogP contribution in [0.15, 0.2) is 15.8 Å². The van der Waals surface area contributed by atoms with Crippen molar-refractivity contribution in [3.05, 3.63) is 32.6 Å². The van der Waals surface area contributed by atoms with Gasteiger partial charge in [-0.3, -0.25) is 19.1 Å². The van der Waals surface area contributed by atoms with Crippen molar-refractivity contribution in [2.45, 2.75) is 26.8 Å². The van der Waals surface area contributed by atoms with Crippen molar-refractivity contribution < 1.29 is 9.53 Å². The maximum atomic E-state index is 11.5.